The lowest BCUT2D eigenvalue weighted by atomic mass is 10.3. The highest BCUT2D eigenvalue weighted by atomic mass is 33.1. The van der Waals surface area contributed by atoms with Crippen LogP contribution in [-0.2, 0) is 0 Å². The van der Waals surface area contributed by atoms with Gasteiger partial charge in [-0.15, -0.1) is 0 Å². The minimum atomic E-state index is -1.01. The van der Waals surface area contributed by atoms with E-state index in [0.29, 0.717) is 24.4 Å². The van der Waals surface area contributed by atoms with Gasteiger partial charge in [0, 0.05) is 37.0 Å². The molecular weight excluding hydrogens is 286 g/mol. The molecule has 0 radical (unpaired) electrons. The zero-order chi connectivity index (χ0) is 13.9. The van der Waals surface area contributed by atoms with Gasteiger partial charge in [-0.3, -0.25) is 9.78 Å². The number of carbonyl (C=O) groups excluding carboxylic acids is 1. The second-order valence-corrected chi connectivity index (χ2v) is 6.08. The Morgan fingerprint density at radius 1 is 1.21 bits per heavy atom. The second kappa shape index (κ2) is 9.51. The summed E-state index contributed by atoms with van der Waals surface area (Å²) >= 11 is 0. The predicted octanol–water partition coefficient (Wildman–Crippen LogP) is 1.46. The maximum Gasteiger partial charge on any atom is 0.404 e. The summed E-state index contributed by atoms with van der Waals surface area (Å²) < 4.78 is 0. The molecule has 0 atom stereocenters. The molecule has 1 heterocycles. The van der Waals surface area contributed by atoms with E-state index >= 15 is 0 Å². The molecule has 0 bridgehead atoms. The maximum absolute atomic E-state index is 11.6. The number of aromatic nitrogens is 1. The Kier molecular flexibility index (Phi) is 7.83. The second-order valence-electron chi connectivity index (χ2n) is 3.37. The van der Waals surface area contributed by atoms with Crippen molar-refractivity contribution in [2.75, 3.05) is 24.6 Å². The topological polar surface area (TPSA) is 91.3 Å². The van der Waals surface area contributed by atoms with Crippen LogP contribution < -0.4 is 10.6 Å². The first kappa shape index (κ1) is 15.6. The number of nitrogens with zero attached hydrogens (tertiary/aromatic N) is 1. The van der Waals surface area contributed by atoms with Gasteiger partial charge in [-0.1, -0.05) is 21.6 Å². The highest BCUT2D eigenvalue weighted by molar-refractivity contribution is 8.76. The first-order chi connectivity index (χ1) is 9.20. The number of hydrogen-bond acceptors (Lipinski definition) is 5. The van der Waals surface area contributed by atoms with Gasteiger partial charge >= 0.3 is 6.09 Å². The van der Waals surface area contributed by atoms with Crippen LogP contribution in [0.4, 0.5) is 4.79 Å². The molecule has 1 aromatic rings. The van der Waals surface area contributed by atoms with Crippen LogP contribution in [0.5, 0.6) is 0 Å². The number of rotatable bonds is 8. The zero-order valence-electron chi connectivity index (χ0n) is 10.2. The van der Waals surface area contributed by atoms with Gasteiger partial charge in [0.1, 0.15) is 0 Å². The predicted molar refractivity (Wildman–Crippen MR) is 77.5 cm³/mol. The molecule has 6 nitrogen and oxygen atoms in total. The van der Waals surface area contributed by atoms with Crippen LogP contribution in [0.25, 0.3) is 0 Å². The van der Waals surface area contributed by atoms with Gasteiger partial charge in [0.15, 0.2) is 0 Å². The molecule has 19 heavy (non-hydrogen) atoms. The van der Waals surface area contributed by atoms with Crippen molar-refractivity contribution < 1.29 is 14.7 Å². The summed E-state index contributed by atoms with van der Waals surface area (Å²) in [6.45, 7) is 0.993. The molecule has 0 aliphatic carbocycles. The monoisotopic (exact) mass is 301 g/mol. The molecule has 0 aromatic carbocycles. The van der Waals surface area contributed by atoms with Gasteiger partial charge in [0.2, 0.25) is 0 Å². The molecular formula is C11H15N3O3S2. The average Bonchev–Trinajstić information content (AvgIpc) is 2.42. The molecule has 1 aromatic heterocycles. The number of pyridine rings is 1. The third-order valence-corrected chi connectivity index (χ3v) is 4.35. The first-order valence-electron chi connectivity index (χ1n) is 5.59. The van der Waals surface area contributed by atoms with Crippen molar-refractivity contribution in [2.24, 2.45) is 0 Å². The lowest BCUT2D eigenvalue weighted by Gasteiger charge is -2.04. The molecule has 2 amide bonds. The summed E-state index contributed by atoms with van der Waals surface area (Å²) in [6, 6.07) is 3.43. The largest absolute Gasteiger partial charge is 0.465 e. The third kappa shape index (κ3) is 7.58. The number of hydrogen-bond donors (Lipinski definition) is 3. The standard InChI is InChI=1S/C11H15N3O3S2/c15-10(9-2-1-3-12-8-9)13-4-6-18-19-7-5-14-11(16)17/h1-3,8,14H,4-7H2,(H,13,15)(H,16,17). The quantitative estimate of drug-likeness (QED) is 0.497. The molecule has 0 aliphatic heterocycles. The van der Waals surface area contributed by atoms with Crippen molar-refractivity contribution in [1.82, 2.24) is 15.6 Å². The van der Waals surface area contributed by atoms with E-state index in [9.17, 15) is 9.59 Å². The molecule has 8 heteroatoms. The average molecular weight is 301 g/mol. The van der Waals surface area contributed by atoms with Crippen molar-refractivity contribution in [3.8, 4) is 0 Å². The summed E-state index contributed by atoms with van der Waals surface area (Å²) in [5, 5.41) is 13.4. The first-order valence-corrected chi connectivity index (χ1v) is 8.08. The lowest BCUT2D eigenvalue weighted by molar-refractivity contribution is 0.0955. The van der Waals surface area contributed by atoms with Gasteiger partial charge in [0.25, 0.3) is 5.91 Å². The van der Waals surface area contributed by atoms with Crippen molar-refractivity contribution >= 4 is 33.6 Å². The molecule has 0 saturated heterocycles. The van der Waals surface area contributed by atoms with E-state index in [1.807, 2.05) is 0 Å². The minimum Gasteiger partial charge on any atom is -0.465 e. The minimum absolute atomic E-state index is 0.133. The zero-order valence-corrected chi connectivity index (χ0v) is 11.8. The van der Waals surface area contributed by atoms with E-state index < -0.39 is 6.09 Å². The van der Waals surface area contributed by atoms with Gasteiger partial charge in [0.05, 0.1) is 5.56 Å². The summed E-state index contributed by atoms with van der Waals surface area (Å²) in [7, 11) is 3.17. The summed E-state index contributed by atoms with van der Waals surface area (Å²) in [6.07, 6.45) is 2.14. The van der Waals surface area contributed by atoms with Crippen LogP contribution in [-0.4, -0.2) is 46.7 Å². The van der Waals surface area contributed by atoms with E-state index in [0.717, 1.165) is 5.75 Å². The Balaban J connectivity index is 1.99. The van der Waals surface area contributed by atoms with Crippen LogP contribution in [0.1, 0.15) is 10.4 Å². The highest BCUT2D eigenvalue weighted by Crippen LogP contribution is 2.19. The Labute approximate surface area is 119 Å². The fourth-order valence-corrected chi connectivity index (χ4v) is 2.94. The summed E-state index contributed by atoms with van der Waals surface area (Å²) in [5.74, 6) is 1.34. The van der Waals surface area contributed by atoms with Crippen LogP contribution in [0.2, 0.25) is 0 Å². The van der Waals surface area contributed by atoms with E-state index in [1.165, 1.54) is 6.20 Å². The van der Waals surface area contributed by atoms with E-state index in [1.54, 1.807) is 39.9 Å². The molecule has 0 fully saturated rings. The SMILES string of the molecule is O=C(O)NCCSSCCNC(=O)c1cccnc1. The van der Waals surface area contributed by atoms with Gasteiger partial charge in [-0.2, -0.15) is 0 Å². The Hall–Kier alpha value is -1.41. The smallest absolute Gasteiger partial charge is 0.404 e. The van der Waals surface area contributed by atoms with Gasteiger partial charge in [-0.05, 0) is 12.1 Å². The Morgan fingerprint density at radius 3 is 2.47 bits per heavy atom. The fraction of sp³-hybridized carbons (Fsp3) is 0.364. The third-order valence-electron chi connectivity index (χ3n) is 1.94. The number of amides is 2. The van der Waals surface area contributed by atoms with Crippen LogP contribution in [0.15, 0.2) is 24.5 Å². The molecule has 0 spiro atoms. The molecule has 1 rings (SSSR count). The Bertz CT molecular complexity index is 403. The number of nitrogens with one attached hydrogen (secondary N) is 2. The fourth-order valence-electron chi connectivity index (χ4n) is 1.12. The van der Waals surface area contributed by atoms with Crippen molar-refractivity contribution in [1.29, 1.82) is 0 Å². The summed E-state index contributed by atoms with van der Waals surface area (Å²) in [5.41, 5.74) is 0.547. The molecule has 0 saturated carbocycles. The van der Waals surface area contributed by atoms with E-state index in [-0.39, 0.29) is 5.91 Å². The highest BCUT2D eigenvalue weighted by Gasteiger charge is 2.03. The van der Waals surface area contributed by atoms with Crippen LogP contribution in [0, 0.1) is 0 Å². The Morgan fingerprint density at radius 2 is 1.89 bits per heavy atom. The van der Waals surface area contributed by atoms with Gasteiger partial charge in [-0.25, -0.2) is 4.79 Å². The molecule has 0 aliphatic rings. The van der Waals surface area contributed by atoms with E-state index in [4.69, 9.17) is 5.11 Å². The summed E-state index contributed by atoms with van der Waals surface area (Å²) in [4.78, 5) is 25.6. The van der Waals surface area contributed by atoms with Gasteiger partial charge < -0.3 is 15.7 Å². The maximum atomic E-state index is 11.6. The van der Waals surface area contributed by atoms with Crippen molar-refractivity contribution in [3.05, 3.63) is 30.1 Å². The normalized spacial score (nSPS) is 9.89. The van der Waals surface area contributed by atoms with Crippen LogP contribution in [0.3, 0.4) is 0 Å². The van der Waals surface area contributed by atoms with Crippen molar-refractivity contribution in [3.63, 3.8) is 0 Å². The van der Waals surface area contributed by atoms with Crippen LogP contribution >= 0.6 is 21.6 Å². The molecule has 3 N–H and O–H groups in total. The molecule has 0 unspecified atom stereocenters. The van der Waals surface area contributed by atoms with E-state index in [2.05, 4.69) is 15.6 Å². The van der Waals surface area contributed by atoms with Crippen molar-refractivity contribution in [2.45, 2.75) is 0 Å². The molecule has 104 valence electrons. The number of carboxylic acid groups (broad SMARTS) is 1. The lowest BCUT2D eigenvalue weighted by Crippen LogP contribution is -2.25. The number of carbonyl (C=O) groups is 2.